The molecule has 3 nitrogen and oxygen atoms in total. The van der Waals surface area contributed by atoms with Gasteiger partial charge in [-0.15, -0.1) is 0 Å². The Kier molecular flexibility index (Phi) is 3.59. The first-order valence-electron chi connectivity index (χ1n) is 5.00. The molecule has 1 aliphatic heterocycles. The molecule has 0 aromatic heterocycles. The highest BCUT2D eigenvalue weighted by Crippen LogP contribution is 2.25. The maximum atomic E-state index is 11.9. The number of rotatable bonds is 2. The van der Waals surface area contributed by atoms with E-state index in [1.165, 1.54) is 0 Å². The van der Waals surface area contributed by atoms with Crippen LogP contribution in [0, 0.1) is 5.41 Å². The van der Waals surface area contributed by atoms with Gasteiger partial charge in [0.1, 0.15) is 0 Å². The van der Waals surface area contributed by atoms with E-state index in [0.717, 1.165) is 25.9 Å². The van der Waals surface area contributed by atoms with Crippen LogP contribution in [0.2, 0.25) is 0 Å². The zero-order valence-electron chi connectivity index (χ0n) is 8.66. The van der Waals surface area contributed by atoms with E-state index < -0.39 is 12.1 Å². The summed E-state index contributed by atoms with van der Waals surface area (Å²) in [6.45, 7) is 3.85. The van der Waals surface area contributed by atoms with Crippen molar-refractivity contribution < 1.29 is 23.3 Å². The molecule has 0 unspecified atom stereocenters. The largest absolute Gasteiger partial charge is 0.471 e. The van der Waals surface area contributed by atoms with Crippen molar-refractivity contribution in [3.8, 4) is 0 Å². The van der Waals surface area contributed by atoms with E-state index in [1.807, 2.05) is 12.2 Å². The Balaban J connectivity index is 2.38. The lowest BCUT2D eigenvalue weighted by Crippen LogP contribution is -2.87. The van der Waals surface area contributed by atoms with Gasteiger partial charge >= 0.3 is 12.1 Å². The maximum Gasteiger partial charge on any atom is 0.471 e. The van der Waals surface area contributed by atoms with Crippen LogP contribution < -0.4 is 10.6 Å². The third-order valence-corrected chi connectivity index (χ3v) is 2.84. The molecule has 0 aliphatic carbocycles. The minimum Gasteiger partial charge on any atom is -0.348 e. The van der Waals surface area contributed by atoms with Crippen molar-refractivity contribution in [1.29, 1.82) is 0 Å². The zero-order chi connectivity index (χ0) is 11.5. The number of halogens is 3. The Bertz CT molecular complexity index is 234. The molecule has 1 rings (SSSR count). The van der Waals surface area contributed by atoms with Gasteiger partial charge in [0.25, 0.3) is 0 Å². The number of hydrogen-bond donors (Lipinski definition) is 2. The van der Waals surface area contributed by atoms with Gasteiger partial charge in [0.15, 0.2) is 0 Å². The average molecular weight is 225 g/mol. The summed E-state index contributed by atoms with van der Waals surface area (Å²) in [4.78, 5) is 10.6. The minimum absolute atomic E-state index is 0.110. The Morgan fingerprint density at radius 2 is 1.93 bits per heavy atom. The molecular formula is C9H16F3N2O+. The van der Waals surface area contributed by atoms with E-state index in [0.29, 0.717) is 0 Å². The number of hydrogen-bond acceptors (Lipinski definition) is 1. The number of carbonyl (C=O) groups is 1. The molecule has 0 aromatic rings. The van der Waals surface area contributed by atoms with Gasteiger partial charge in [-0.05, 0) is 5.41 Å². The van der Waals surface area contributed by atoms with Gasteiger partial charge in [-0.25, -0.2) is 0 Å². The molecular weight excluding hydrogens is 209 g/mol. The summed E-state index contributed by atoms with van der Waals surface area (Å²) in [5, 5.41) is 4.09. The monoisotopic (exact) mass is 225 g/mol. The van der Waals surface area contributed by atoms with Gasteiger partial charge in [-0.2, -0.15) is 13.2 Å². The van der Waals surface area contributed by atoms with E-state index in [-0.39, 0.29) is 12.0 Å². The maximum absolute atomic E-state index is 11.9. The van der Waals surface area contributed by atoms with Gasteiger partial charge in [-0.3, -0.25) is 4.79 Å². The lowest BCUT2D eigenvalue weighted by Gasteiger charge is -2.32. The summed E-state index contributed by atoms with van der Waals surface area (Å²) in [6, 6.07) is 0. The Hall–Kier alpha value is -0.780. The fourth-order valence-electron chi connectivity index (χ4n) is 1.74. The molecule has 15 heavy (non-hydrogen) atoms. The highest BCUT2D eigenvalue weighted by atomic mass is 19.4. The number of alkyl halides is 3. The molecule has 6 heteroatoms. The minimum atomic E-state index is -4.77. The van der Waals surface area contributed by atoms with E-state index in [4.69, 9.17) is 0 Å². The highest BCUT2D eigenvalue weighted by Gasteiger charge is 2.40. The van der Waals surface area contributed by atoms with E-state index in [1.54, 1.807) is 0 Å². The predicted molar refractivity (Wildman–Crippen MR) is 48.1 cm³/mol. The van der Waals surface area contributed by atoms with Crippen LogP contribution in [0.3, 0.4) is 0 Å². The molecule has 0 atom stereocenters. The van der Waals surface area contributed by atoms with Crippen LogP contribution in [-0.4, -0.2) is 31.7 Å². The number of carbonyl (C=O) groups excluding carboxylic acids is 1. The van der Waals surface area contributed by atoms with Crippen LogP contribution >= 0.6 is 0 Å². The van der Waals surface area contributed by atoms with Gasteiger partial charge in [0.05, 0.1) is 13.1 Å². The van der Waals surface area contributed by atoms with E-state index >= 15 is 0 Å². The smallest absolute Gasteiger partial charge is 0.348 e. The standard InChI is InChI=1S/C9H15F3N2O/c1-8(2-4-13-5-3-8)6-14-7(15)9(10,11)12/h13H,2-6H2,1H3,(H,14,15)/p+1. The molecule has 0 saturated carbocycles. The highest BCUT2D eigenvalue weighted by molar-refractivity contribution is 5.81. The summed E-state index contributed by atoms with van der Waals surface area (Å²) in [5.74, 6) is -1.83. The Labute approximate surface area is 86.4 Å². The topological polar surface area (TPSA) is 45.7 Å². The first kappa shape index (κ1) is 12.3. The lowest BCUT2D eigenvalue weighted by atomic mass is 9.81. The lowest BCUT2D eigenvalue weighted by molar-refractivity contribution is -0.667. The second-order valence-electron chi connectivity index (χ2n) is 4.36. The summed E-state index contributed by atoms with van der Waals surface area (Å²) < 4.78 is 35.7. The summed E-state index contributed by atoms with van der Waals surface area (Å²) >= 11 is 0. The SMILES string of the molecule is CC1(CNC(=O)C(F)(F)F)CC[NH2+]CC1. The summed E-state index contributed by atoms with van der Waals surface area (Å²) in [6.07, 6.45) is -3.09. The second-order valence-corrected chi connectivity index (χ2v) is 4.36. The van der Waals surface area contributed by atoms with Crippen molar-refractivity contribution in [1.82, 2.24) is 5.32 Å². The molecule has 0 spiro atoms. The van der Waals surface area contributed by atoms with Gasteiger partial charge < -0.3 is 10.6 Å². The zero-order valence-corrected chi connectivity index (χ0v) is 8.66. The van der Waals surface area contributed by atoms with Crippen molar-refractivity contribution in [2.45, 2.75) is 25.9 Å². The van der Waals surface area contributed by atoms with E-state index in [9.17, 15) is 18.0 Å². The number of piperidine rings is 1. The van der Waals surface area contributed by atoms with Crippen LogP contribution in [0.5, 0.6) is 0 Å². The van der Waals surface area contributed by atoms with Crippen LogP contribution in [0.1, 0.15) is 19.8 Å². The molecule has 3 N–H and O–H groups in total. The van der Waals surface area contributed by atoms with Gasteiger partial charge in [0, 0.05) is 19.4 Å². The molecule has 1 saturated heterocycles. The van der Waals surface area contributed by atoms with E-state index in [2.05, 4.69) is 5.32 Å². The van der Waals surface area contributed by atoms with Gasteiger partial charge in [-0.1, -0.05) is 6.92 Å². The molecule has 1 fully saturated rings. The van der Waals surface area contributed by atoms with Crippen LogP contribution in [0.15, 0.2) is 0 Å². The van der Waals surface area contributed by atoms with Crippen LogP contribution in [0.25, 0.3) is 0 Å². The summed E-state index contributed by atoms with van der Waals surface area (Å²) in [5.41, 5.74) is -0.185. The van der Waals surface area contributed by atoms with Crippen molar-refractivity contribution in [3.05, 3.63) is 0 Å². The molecule has 88 valence electrons. The number of nitrogens with two attached hydrogens (primary N) is 1. The molecule has 0 aromatic carbocycles. The van der Waals surface area contributed by atoms with Crippen LogP contribution in [-0.2, 0) is 4.79 Å². The average Bonchev–Trinajstić information content (AvgIpc) is 2.14. The Morgan fingerprint density at radius 1 is 1.40 bits per heavy atom. The predicted octanol–water partition coefficient (Wildman–Crippen LogP) is 0.0284. The molecule has 1 aliphatic rings. The second kappa shape index (κ2) is 4.38. The normalized spacial score (nSPS) is 21.1. The van der Waals surface area contributed by atoms with Gasteiger partial charge in [0.2, 0.25) is 0 Å². The van der Waals surface area contributed by atoms with Crippen molar-refractivity contribution >= 4 is 5.91 Å². The number of nitrogens with one attached hydrogen (secondary N) is 1. The third kappa shape index (κ3) is 3.70. The number of amides is 1. The van der Waals surface area contributed by atoms with Crippen molar-refractivity contribution in [2.75, 3.05) is 19.6 Å². The van der Waals surface area contributed by atoms with Crippen molar-refractivity contribution in [2.24, 2.45) is 5.41 Å². The number of quaternary nitrogens is 1. The first-order chi connectivity index (χ1) is 6.83. The molecule has 1 amide bonds. The quantitative estimate of drug-likeness (QED) is 0.684. The van der Waals surface area contributed by atoms with Crippen molar-refractivity contribution in [3.63, 3.8) is 0 Å². The fourth-order valence-corrected chi connectivity index (χ4v) is 1.74. The van der Waals surface area contributed by atoms with Crippen LogP contribution in [0.4, 0.5) is 13.2 Å². The molecule has 0 radical (unpaired) electrons. The molecule has 0 bridgehead atoms. The Morgan fingerprint density at radius 3 is 2.40 bits per heavy atom. The third-order valence-electron chi connectivity index (χ3n) is 2.84. The fraction of sp³-hybridized carbons (Fsp3) is 0.889. The first-order valence-corrected chi connectivity index (χ1v) is 5.00. The summed E-state index contributed by atoms with van der Waals surface area (Å²) in [7, 11) is 0. The molecule has 1 heterocycles.